The predicted octanol–water partition coefficient (Wildman–Crippen LogP) is 10.1. The normalized spacial score (nSPS) is 13.9. The SMILES string of the molecule is Cc1ccc(-c2ccc3c(c2)C2(c4ccccc4-c4ccccc42)c2cc(-c4ccc(C)s4)ccc2-3)s1. The average Bonchev–Trinajstić information content (AvgIpc) is 3.69. The van der Waals surface area contributed by atoms with Gasteiger partial charge in [0.15, 0.2) is 0 Å². The minimum Gasteiger partial charge on any atom is -0.141 e. The third-order valence-electron chi connectivity index (χ3n) is 8.14. The van der Waals surface area contributed by atoms with Crippen LogP contribution in [0.3, 0.4) is 0 Å². The molecule has 0 nitrogen and oxygen atoms in total. The van der Waals surface area contributed by atoms with E-state index in [-0.39, 0.29) is 5.41 Å². The summed E-state index contributed by atoms with van der Waals surface area (Å²) in [5, 5.41) is 0. The van der Waals surface area contributed by atoms with Gasteiger partial charge in [-0.3, -0.25) is 0 Å². The molecule has 0 atom stereocenters. The lowest BCUT2D eigenvalue weighted by molar-refractivity contribution is 0.794. The summed E-state index contributed by atoms with van der Waals surface area (Å²) in [7, 11) is 0. The van der Waals surface area contributed by atoms with Gasteiger partial charge in [-0.25, -0.2) is 0 Å². The van der Waals surface area contributed by atoms with Gasteiger partial charge in [0.05, 0.1) is 5.41 Å². The molecular formula is C35H24S2. The highest BCUT2D eigenvalue weighted by molar-refractivity contribution is 7.15. The van der Waals surface area contributed by atoms with Crippen LogP contribution in [0.2, 0.25) is 0 Å². The molecule has 0 unspecified atom stereocenters. The molecule has 1 spiro atoms. The molecule has 2 aliphatic rings. The van der Waals surface area contributed by atoms with Crippen LogP contribution in [0.1, 0.15) is 32.0 Å². The zero-order valence-electron chi connectivity index (χ0n) is 20.7. The molecule has 0 saturated heterocycles. The summed E-state index contributed by atoms with van der Waals surface area (Å²) in [5.74, 6) is 0. The van der Waals surface area contributed by atoms with E-state index in [1.54, 1.807) is 0 Å². The van der Waals surface area contributed by atoms with Crippen LogP contribution in [0.15, 0.2) is 109 Å². The molecule has 176 valence electrons. The first-order chi connectivity index (χ1) is 18.1. The van der Waals surface area contributed by atoms with Crippen LogP contribution < -0.4 is 0 Å². The number of rotatable bonds is 2. The summed E-state index contributed by atoms with van der Waals surface area (Å²) in [4.78, 5) is 5.36. The number of fused-ring (bicyclic) bond motifs is 10. The third kappa shape index (κ3) is 2.83. The molecule has 2 heterocycles. The van der Waals surface area contributed by atoms with Crippen molar-refractivity contribution in [2.45, 2.75) is 19.3 Å². The molecule has 0 bridgehead atoms. The number of benzene rings is 4. The second kappa shape index (κ2) is 7.64. The first-order valence-corrected chi connectivity index (χ1v) is 14.4. The topological polar surface area (TPSA) is 0 Å². The van der Waals surface area contributed by atoms with Crippen LogP contribution in [0.25, 0.3) is 43.1 Å². The average molecular weight is 509 g/mol. The number of hydrogen-bond acceptors (Lipinski definition) is 2. The summed E-state index contributed by atoms with van der Waals surface area (Å²) in [6.07, 6.45) is 0. The van der Waals surface area contributed by atoms with E-state index >= 15 is 0 Å². The Kier molecular flexibility index (Phi) is 4.42. The minimum atomic E-state index is -0.317. The second-order valence-corrected chi connectivity index (χ2v) is 12.8. The van der Waals surface area contributed by atoms with Crippen molar-refractivity contribution in [2.24, 2.45) is 0 Å². The molecule has 0 fully saturated rings. The smallest absolute Gasteiger partial charge is 0.0725 e. The quantitative estimate of drug-likeness (QED) is 0.218. The highest BCUT2D eigenvalue weighted by Crippen LogP contribution is 2.63. The Balaban J connectivity index is 1.49. The molecule has 4 aromatic carbocycles. The second-order valence-electron chi connectivity index (χ2n) is 10.2. The van der Waals surface area contributed by atoms with E-state index in [9.17, 15) is 0 Å². The van der Waals surface area contributed by atoms with Crippen LogP contribution in [0.4, 0.5) is 0 Å². The van der Waals surface area contributed by atoms with Crippen LogP contribution >= 0.6 is 22.7 Å². The molecular weight excluding hydrogens is 485 g/mol. The van der Waals surface area contributed by atoms with Crippen LogP contribution in [-0.4, -0.2) is 0 Å². The van der Waals surface area contributed by atoms with Crippen molar-refractivity contribution in [3.63, 3.8) is 0 Å². The Hall–Kier alpha value is -3.72. The highest BCUT2D eigenvalue weighted by Gasteiger charge is 2.51. The summed E-state index contributed by atoms with van der Waals surface area (Å²) >= 11 is 3.75. The van der Waals surface area contributed by atoms with E-state index < -0.39 is 0 Å². The van der Waals surface area contributed by atoms with Gasteiger partial charge < -0.3 is 0 Å². The van der Waals surface area contributed by atoms with Gasteiger partial charge in [-0.2, -0.15) is 0 Å². The van der Waals surface area contributed by atoms with Crippen molar-refractivity contribution in [3.05, 3.63) is 141 Å². The fraction of sp³-hybridized carbons (Fsp3) is 0.0857. The summed E-state index contributed by atoms with van der Waals surface area (Å²) in [6, 6.07) is 41.4. The van der Waals surface area contributed by atoms with Crippen molar-refractivity contribution in [1.82, 2.24) is 0 Å². The molecule has 37 heavy (non-hydrogen) atoms. The van der Waals surface area contributed by atoms with E-state index in [2.05, 4.69) is 123 Å². The molecule has 0 aliphatic heterocycles. The van der Waals surface area contributed by atoms with Crippen molar-refractivity contribution in [1.29, 1.82) is 0 Å². The van der Waals surface area contributed by atoms with E-state index in [1.165, 1.54) is 75.1 Å². The van der Waals surface area contributed by atoms with Crippen LogP contribution in [0.5, 0.6) is 0 Å². The van der Waals surface area contributed by atoms with Gasteiger partial charge in [-0.05, 0) is 106 Å². The lowest BCUT2D eigenvalue weighted by atomic mass is 9.70. The molecule has 2 aromatic heterocycles. The Morgan fingerprint density at radius 3 is 1.30 bits per heavy atom. The van der Waals surface area contributed by atoms with Gasteiger partial charge in [0.2, 0.25) is 0 Å². The number of aryl methyl sites for hydroxylation is 2. The van der Waals surface area contributed by atoms with Gasteiger partial charge in [-0.1, -0.05) is 72.8 Å². The van der Waals surface area contributed by atoms with Gasteiger partial charge >= 0.3 is 0 Å². The third-order valence-corrected chi connectivity index (χ3v) is 10.2. The first-order valence-electron chi connectivity index (χ1n) is 12.8. The molecule has 6 aromatic rings. The first kappa shape index (κ1) is 21.4. The number of thiophene rings is 2. The molecule has 0 saturated carbocycles. The van der Waals surface area contributed by atoms with Crippen molar-refractivity contribution >= 4 is 22.7 Å². The summed E-state index contributed by atoms with van der Waals surface area (Å²) in [6.45, 7) is 4.38. The van der Waals surface area contributed by atoms with Gasteiger partial charge in [-0.15, -0.1) is 22.7 Å². The molecule has 0 radical (unpaired) electrons. The van der Waals surface area contributed by atoms with Crippen molar-refractivity contribution < 1.29 is 0 Å². The standard InChI is InChI=1S/C35H24S2/c1-21-11-17-33(36-21)23-13-15-27-28-16-14-24(34-18-12-22(2)37-34)20-32(28)35(31(27)19-23)29-9-5-3-7-25(29)26-8-4-6-10-30(26)35/h3-20H,1-2H3. The maximum atomic E-state index is 2.48. The Morgan fingerprint density at radius 1 is 0.432 bits per heavy atom. The highest BCUT2D eigenvalue weighted by atomic mass is 32.1. The van der Waals surface area contributed by atoms with E-state index in [1.807, 2.05) is 22.7 Å². The molecule has 2 heteroatoms. The summed E-state index contributed by atoms with van der Waals surface area (Å²) < 4.78 is 0. The predicted molar refractivity (Wildman–Crippen MR) is 159 cm³/mol. The van der Waals surface area contributed by atoms with Gasteiger partial charge in [0.1, 0.15) is 0 Å². The largest absolute Gasteiger partial charge is 0.141 e. The van der Waals surface area contributed by atoms with Crippen molar-refractivity contribution in [2.75, 3.05) is 0 Å². The number of hydrogen-bond donors (Lipinski definition) is 0. The van der Waals surface area contributed by atoms with Crippen molar-refractivity contribution in [3.8, 4) is 43.1 Å². The Bertz CT molecular complexity index is 1730. The van der Waals surface area contributed by atoms with Crippen LogP contribution in [0, 0.1) is 13.8 Å². The van der Waals surface area contributed by atoms with Crippen LogP contribution in [-0.2, 0) is 5.41 Å². The van der Waals surface area contributed by atoms with Gasteiger partial charge in [0.25, 0.3) is 0 Å². The lowest BCUT2D eigenvalue weighted by Crippen LogP contribution is -2.26. The minimum absolute atomic E-state index is 0.317. The fourth-order valence-electron chi connectivity index (χ4n) is 6.63. The zero-order chi connectivity index (χ0) is 24.7. The monoisotopic (exact) mass is 508 g/mol. The molecule has 0 amide bonds. The molecule has 2 aliphatic carbocycles. The Labute approximate surface area is 225 Å². The fourth-order valence-corrected chi connectivity index (χ4v) is 8.35. The lowest BCUT2D eigenvalue weighted by Gasteiger charge is -2.31. The zero-order valence-corrected chi connectivity index (χ0v) is 22.3. The van der Waals surface area contributed by atoms with E-state index in [4.69, 9.17) is 0 Å². The maximum Gasteiger partial charge on any atom is 0.0725 e. The molecule has 8 rings (SSSR count). The maximum absolute atomic E-state index is 2.48. The van der Waals surface area contributed by atoms with Gasteiger partial charge in [0, 0.05) is 19.5 Å². The summed E-state index contributed by atoms with van der Waals surface area (Å²) in [5.41, 5.74) is 13.3. The molecule has 0 N–H and O–H groups in total. The Morgan fingerprint density at radius 2 is 0.865 bits per heavy atom. The van der Waals surface area contributed by atoms with E-state index in [0.717, 1.165) is 0 Å². The van der Waals surface area contributed by atoms with E-state index in [0.29, 0.717) is 0 Å².